The average Bonchev–Trinajstić information content (AvgIpc) is 3.74. The molecule has 0 N–H and O–H groups in total. The lowest BCUT2D eigenvalue weighted by Crippen LogP contribution is -2.03. The van der Waals surface area contributed by atoms with Crippen molar-refractivity contribution in [3.05, 3.63) is 176 Å². The number of allylic oxidation sites excluding steroid dienone is 5. The first kappa shape index (κ1) is 30.6. The van der Waals surface area contributed by atoms with E-state index in [1.165, 1.54) is 36.5 Å². The summed E-state index contributed by atoms with van der Waals surface area (Å²) in [6, 6.07) is 48.9. The molecule has 5 heteroatoms. The molecule has 3 aromatic heterocycles. The van der Waals surface area contributed by atoms with Gasteiger partial charge in [-0.05, 0) is 42.3 Å². The van der Waals surface area contributed by atoms with Gasteiger partial charge in [-0.3, -0.25) is 0 Å². The van der Waals surface area contributed by atoms with Gasteiger partial charge in [0.2, 0.25) is 0 Å². The first-order chi connectivity index (χ1) is 25.2. The second-order valence-corrected chi connectivity index (χ2v) is 13.5. The number of fused-ring (bicyclic) bond motifs is 7. The lowest BCUT2D eigenvalue weighted by molar-refractivity contribution is 1.07. The fraction of sp³-hybridized carbons (Fsp3) is 0.0217. The Morgan fingerprint density at radius 3 is 1.96 bits per heavy atom. The van der Waals surface area contributed by atoms with Crippen LogP contribution in [0.4, 0.5) is 0 Å². The van der Waals surface area contributed by atoms with E-state index in [4.69, 9.17) is 15.0 Å². The van der Waals surface area contributed by atoms with Crippen LogP contribution in [0, 0.1) is 0 Å². The molecule has 0 aliphatic heterocycles. The Morgan fingerprint density at radius 2 is 1.25 bits per heavy atom. The molecule has 0 radical (unpaired) electrons. The molecule has 0 saturated heterocycles. The fourth-order valence-electron chi connectivity index (χ4n) is 7.08. The average molecular weight is 673 g/mol. The van der Waals surface area contributed by atoms with Crippen LogP contribution in [-0.2, 0) is 0 Å². The minimum absolute atomic E-state index is 0.604. The molecule has 9 aromatic rings. The van der Waals surface area contributed by atoms with E-state index in [-0.39, 0.29) is 0 Å². The van der Waals surface area contributed by atoms with Gasteiger partial charge < -0.3 is 4.57 Å². The summed E-state index contributed by atoms with van der Waals surface area (Å²) in [5.41, 5.74) is 8.18. The van der Waals surface area contributed by atoms with Crippen LogP contribution in [0.2, 0.25) is 0 Å². The molecule has 242 valence electrons. The number of benzene rings is 6. The Morgan fingerprint density at radius 1 is 0.627 bits per heavy atom. The van der Waals surface area contributed by atoms with Crippen molar-refractivity contribution >= 4 is 58.9 Å². The Bertz CT molecular complexity index is 2770. The van der Waals surface area contributed by atoms with Gasteiger partial charge in [-0.1, -0.05) is 146 Å². The van der Waals surface area contributed by atoms with Crippen LogP contribution < -0.4 is 0 Å². The molecule has 6 aromatic carbocycles. The number of thiophene rings is 1. The minimum Gasteiger partial charge on any atom is -0.308 e. The molecule has 0 bridgehead atoms. The smallest absolute Gasteiger partial charge is 0.164 e. The third-order valence-corrected chi connectivity index (χ3v) is 10.5. The highest BCUT2D eigenvalue weighted by atomic mass is 32.1. The quantitative estimate of drug-likeness (QED) is 0.158. The van der Waals surface area contributed by atoms with Crippen LogP contribution in [0.15, 0.2) is 170 Å². The summed E-state index contributed by atoms with van der Waals surface area (Å²) in [5, 5.41) is 5.00. The van der Waals surface area contributed by atoms with E-state index >= 15 is 0 Å². The third-order valence-electron chi connectivity index (χ3n) is 9.34. The maximum absolute atomic E-state index is 5.18. The van der Waals surface area contributed by atoms with Gasteiger partial charge in [0.25, 0.3) is 0 Å². The van der Waals surface area contributed by atoms with Gasteiger partial charge in [0, 0.05) is 48.6 Å². The van der Waals surface area contributed by atoms with Gasteiger partial charge in [-0.15, -0.1) is 11.3 Å². The van der Waals surface area contributed by atoms with Crippen LogP contribution in [0.3, 0.4) is 0 Å². The predicted octanol–water partition coefficient (Wildman–Crippen LogP) is 12.5. The van der Waals surface area contributed by atoms with E-state index < -0.39 is 0 Å². The minimum atomic E-state index is 0.604. The standard InChI is InChI=1S/C46H32N4S/c1-3-15-30(16-4-2)34-26-25-33(29-39(34)46-48-44(31-17-7-5-8-18-31)47-45(49-46)32-19-9-6-10-20-32)50-40-23-13-11-21-35(40)37-27-28-38-36-22-12-14-24-41(36)51-43(38)42(37)50/h3-29H,1H2,2H3/b16-4-,30-15+. The summed E-state index contributed by atoms with van der Waals surface area (Å²) in [6.07, 6.45) is 8.03. The molecule has 0 atom stereocenters. The van der Waals surface area contributed by atoms with Gasteiger partial charge in [0.15, 0.2) is 17.5 Å². The molecule has 9 rings (SSSR count). The number of hydrogen-bond acceptors (Lipinski definition) is 4. The second kappa shape index (κ2) is 12.8. The van der Waals surface area contributed by atoms with Gasteiger partial charge >= 0.3 is 0 Å². The molecular formula is C46H32N4S. The Kier molecular flexibility index (Phi) is 7.68. The van der Waals surface area contributed by atoms with E-state index in [1.807, 2.05) is 91.1 Å². The molecule has 0 saturated carbocycles. The first-order valence-electron chi connectivity index (χ1n) is 17.0. The number of rotatable bonds is 7. The highest BCUT2D eigenvalue weighted by Crippen LogP contribution is 2.43. The lowest BCUT2D eigenvalue weighted by atomic mass is 9.97. The Balaban J connectivity index is 1.38. The Hall–Kier alpha value is -6.43. The zero-order chi connectivity index (χ0) is 34.3. The third kappa shape index (κ3) is 5.27. The van der Waals surface area contributed by atoms with E-state index in [1.54, 1.807) is 0 Å². The van der Waals surface area contributed by atoms with Gasteiger partial charge in [0.1, 0.15) is 0 Å². The van der Waals surface area contributed by atoms with Crippen molar-refractivity contribution in [3.8, 4) is 39.9 Å². The molecular weight excluding hydrogens is 641 g/mol. The van der Waals surface area contributed by atoms with Crippen LogP contribution in [0.1, 0.15) is 12.5 Å². The molecule has 0 aliphatic carbocycles. The SMILES string of the molecule is C=C/C=C(\C=C/C)c1ccc(-n2c3ccccc3c3ccc4c5ccccc5sc4c32)cc1-c1nc(-c2ccccc2)nc(-c2ccccc2)n1. The summed E-state index contributed by atoms with van der Waals surface area (Å²) in [5.74, 6) is 1.85. The van der Waals surface area contributed by atoms with E-state index in [0.717, 1.165) is 39.0 Å². The monoisotopic (exact) mass is 672 g/mol. The van der Waals surface area contributed by atoms with Crippen molar-refractivity contribution in [3.63, 3.8) is 0 Å². The lowest BCUT2D eigenvalue weighted by Gasteiger charge is -2.16. The number of nitrogens with zero attached hydrogens (tertiary/aromatic N) is 4. The molecule has 0 unspecified atom stereocenters. The summed E-state index contributed by atoms with van der Waals surface area (Å²) < 4.78 is 4.97. The van der Waals surface area contributed by atoms with Crippen molar-refractivity contribution in [1.82, 2.24) is 19.5 Å². The molecule has 0 aliphatic rings. The molecule has 51 heavy (non-hydrogen) atoms. The summed E-state index contributed by atoms with van der Waals surface area (Å²) in [4.78, 5) is 15.3. The van der Waals surface area contributed by atoms with Crippen LogP contribution >= 0.6 is 11.3 Å². The largest absolute Gasteiger partial charge is 0.308 e. The number of para-hydroxylation sites is 1. The maximum Gasteiger partial charge on any atom is 0.164 e. The van der Waals surface area contributed by atoms with Crippen molar-refractivity contribution in [2.45, 2.75) is 6.92 Å². The van der Waals surface area contributed by atoms with Gasteiger partial charge in [-0.25, -0.2) is 15.0 Å². The Labute approximate surface area is 300 Å². The van der Waals surface area contributed by atoms with E-state index in [2.05, 4.69) is 102 Å². The number of hydrogen-bond donors (Lipinski definition) is 0. The predicted molar refractivity (Wildman–Crippen MR) is 216 cm³/mol. The zero-order valence-electron chi connectivity index (χ0n) is 28.0. The van der Waals surface area contributed by atoms with Crippen molar-refractivity contribution in [1.29, 1.82) is 0 Å². The van der Waals surface area contributed by atoms with Crippen molar-refractivity contribution in [2.75, 3.05) is 0 Å². The zero-order valence-corrected chi connectivity index (χ0v) is 28.8. The summed E-state index contributed by atoms with van der Waals surface area (Å²) in [6.45, 7) is 6.07. The molecule has 0 fully saturated rings. The highest BCUT2D eigenvalue weighted by molar-refractivity contribution is 7.26. The van der Waals surface area contributed by atoms with Gasteiger partial charge in [0.05, 0.1) is 15.7 Å². The first-order valence-corrected chi connectivity index (χ1v) is 17.8. The van der Waals surface area contributed by atoms with Crippen molar-refractivity contribution < 1.29 is 0 Å². The highest BCUT2D eigenvalue weighted by Gasteiger charge is 2.21. The van der Waals surface area contributed by atoms with Crippen LogP contribution in [-0.4, -0.2) is 19.5 Å². The molecule has 3 heterocycles. The summed E-state index contributed by atoms with van der Waals surface area (Å²) in [7, 11) is 0. The number of aromatic nitrogens is 4. The topological polar surface area (TPSA) is 43.6 Å². The molecule has 0 spiro atoms. The van der Waals surface area contributed by atoms with Gasteiger partial charge in [-0.2, -0.15) is 0 Å². The molecule has 4 nitrogen and oxygen atoms in total. The van der Waals surface area contributed by atoms with Crippen LogP contribution in [0.5, 0.6) is 0 Å². The molecule has 0 amide bonds. The normalized spacial score (nSPS) is 12.1. The van der Waals surface area contributed by atoms with E-state index in [9.17, 15) is 0 Å². The van der Waals surface area contributed by atoms with E-state index in [0.29, 0.717) is 17.5 Å². The van der Waals surface area contributed by atoms with Crippen LogP contribution in [0.25, 0.3) is 87.4 Å². The summed E-state index contributed by atoms with van der Waals surface area (Å²) >= 11 is 1.85. The maximum atomic E-state index is 5.18. The van der Waals surface area contributed by atoms with Crippen molar-refractivity contribution in [2.24, 2.45) is 0 Å². The second-order valence-electron chi connectivity index (χ2n) is 12.4. The fourth-order valence-corrected chi connectivity index (χ4v) is 8.32.